The molecule has 3 aliphatic carbocycles. The highest BCUT2D eigenvalue weighted by atomic mass is 16.3. The number of allylic oxidation sites excluding steroid dienone is 3. The van der Waals surface area contributed by atoms with Crippen molar-refractivity contribution in [1.29, 1.82) is 0 Å². The van der Waals surface area contributed by atoms with Crippen LogP contribution in [0, 0.1) is 35.0 Å². The maximum absolute atomic E-state index is 11.2. The zero-order chi connectivity index (χ0) is 19.8. The average molecular weight is 373 g/mol. The van der Waals surface area contributed by atoms with Crippen LogP contribution >= 0.6 is 0 Å². The van der Waals surface area contributed by atoms with E-state index in [1.807, 2.05) is 0 Å². The summed E-state index contributed by atoms with van der Waals surface area (Å²) >= 11 is 0. The molecule has 2 heteroatoms. The third-order valence-corrected chi connectivity index (χ3v) is 8.16. The Morgan fingerprint density at radius 2 is 1.93 bits per heavy atom. The van der Waals surface area contributed by atoms with Crippen molar-refractivity contribution in [1.82, 2.24) is 0 Å². The smallest absolute Gasteiger partial charge is 0.0779 e. The van der Waals surface area contributed by atoms with Gasteiger partial charge < -0.3 is 10.2 Å². The third-order valence-electron chi connectivity index (χ3n) is 8.16. The van der Waals surface area contributed by atoms with Crippen LogP contribution in [0.5, 0.6) is 0 Å². The van der Waals surface area contributed by atoms with Crippen molar-refractivity contribution in [2.45, 2.75) is 79.2 Å². The Kier molecular flexibility index (Phi) is 6.37. The minimum absolute atomic E-state index is 0.0663. The summed E-state index contributed by atoms with van der Waals surface area (Å²) in [6, 6.07) is 0. The summed E-state index contributed by atoms with van der Waals surface area (Å²) in [5.74, 6) is 2.93. The number of aliphatic hydroxyl groups is 2. The van der Waals surface area contributed by atoms with Crippen LogP contribution in [-0.2, 0) is 0 Å². The molecule has 0 amide bonds. The monoisotopic (exact) mass is 372 g/mol. The van der Waals surface area contributed by atoms with Crippen molar-refractivity contribution in [3.63, 3.8) is 0 Å². The van der Waals surface area contributed by atoms with Crippen molar-refractivity contribution in [3.8, 4) is 0 Å². The maximum atomic E-state index is 11.2. The number of hydrogen-bond donors (Lipinski definition) is 2. The second kappa shape index (κ2) is 8.25. The van der Waals surface area contributed by atoms with E-state index in [1.54, 1.807) is 0 Å². The molecule has 1 saturated carbocycles. The van der Waals surface area contributed by atoms with Gasteiger partial charge in [-0.3, -0.25) is 0 Å². The van der Waals surface area contributed by atoms with E-state index >= 15 is 0 Å². The van der Waals surface area contributed by atoms with Gasteiger partial charge in [-0.05, 0) is 86.2 Å². The Hall–Kier alpha value is -0.860. The molecule has 2 N–H and O–H groups in total. The summed E-state index contributed by atoms with van der Waals surface area (Å²) in [6.45, 7) is 11.6. The van der Waals surface area contributed by atoms with Gasteiger partial charge in [-0.2, -0.15) is 0 Å². The van der Waals surface area contributed by atoms with E-state index in [0.29, 0.717) is 29.6 Å². The molecule has 0 aromatic heterocycles. The van der Waals surface area contributed by atoms with Crippen LogP contribution in [0.3, 0.4) is 0 Å². The lowest BCUT2D eigenvalue weighted by molar-refractivity contribution is 0.0286. The molecule has 3 rings (SSSR count). The van der Waals surface area contributed by atoms with Gasteiger partial charge in [-0.15, -0.1) is 0 Å². The van der Waals surface area contributed by atoms with Crippen LogP contribution in [0.15, 0.2) is 34.9 Å². The van der Waals surface area contributed by atoms with Gasteiger partial charge >= 0.3 is 0 Å². The molecule has 0 saturated heterocycles. The van der Waals surface area contributed by atoms with Crippen molar-refractivity contribution in [3.05, 3.63) is 34.9 Å². The van der Waals surface area contributed by atoms with E-state index < -0.39 is 0 Å². The number of rotatable bonds is 2. The van der Waals surface area contributed by atoms with Crippen LogP contribution in [0.2, 0.25) is 0 Å². The fraction of sp³-hybridized carbons (Fsp3) is 0.760. The molecular weight excluding hydrogens is 332 g/mol. The van der Waals surface area contributed by atoms with Gasteiger partial charge in [-0.25, -0.2) is 0 Å². The lowest BCUT2D eigenvalue weighted by Crippen LogP contribution is -2.37. The van der Waals surface area contributed by atoms with Gasteiger partial charge in [0.1, 0.15) is 0 Å². The van der Waals surface area contributed by atoms with Gasteiger partial charge in [-0.1, -0.05) is 51.5 Å². The molecule has 0 aromatic rings. The molecule has 152 valence electrons. The molecule has 0 aliphatic heterocycles. The first kappa shape index (κ1) is 20.9. The van der Waals surface area contributed by atoms with Gasteiger partial charge in [0.05, 0.1) is 12.7 Å². The largest absolute Gasteiger partial charge is 0.392 e. The van der Waals surface area contributed by atoms with Crippen LogP contribution in [-0.4, -0.2) is 22.9 Å². The first-order valence-electron chi connectivity index (χ1n) is 11.1. The standard InChI is InChI=1S/C25H40O2/c1-16(2)20-12-13-25(5)23(20)11-8-19(15-26)22-10-7-18(4)21(22)9-6-17(3)14-24(25)27/h8,10,14,16,18,20-21,23-24,26-27H,6-7,9,11-13,15H2,1-5H3/b17-14-,19-8+/t18-,20+,21-,23-,24?,25+/m0/s1. The Bertz CT molecular complexity index is 626. The molecule has 0 spiro atoms. The van der Waals surface area contributed by atoms with Crippen LogP contribution < -0.4 is 0 Å². The highest BCUT2D eigenvalue weighted by molar-refractivity contribution is 5.37. The Morgan fingerprint density at radius 3 is 2.59 bits per heavy atom. The highest BCUT2D eigenvalue weighted by Crippen LogP contribution is 2.54. The normalized spacial score (nSPS) is 44.3. The fourth-order valence-corrected chi connectivity index (χ4v) is 6.18. The fourth-order valence-electron chi connectivity index (χ4n) is 6.18. The van der Waals surface area contributed by atoms with Gasteiger partial charge in [0.25, 0.3) is 0 Å². The molecule has 27 heavy (non-hydrogen) atoms. The summed E-state index contributed by atoms with van der Waals surface area (Å²) in [5.41, 5.74) is 3.81. The van der Waals surface area contributed by atoms with Crippen molar-refractivity contribution >= 4 is 0 Å². The quantitative estimate of drug-likeness (QED) is 0.613. The van der Waals surface area contributed by atoms with Gasteiger partial charge in [0.15, 0.2) is 0 Å². The molecule has 1 unspecified atom stereocenters. The minimum atomic E-state index is -0.368. The molecule has 3 aliphatic rings. The molecule has 0 bridgehead atoms. The number of aliphatic hydroxyl groups excluding tert-OH is 2. The summed E-state index contributed by atoms with van der Waals surface area (Å²) in [5, 5.41) is 21.3. The van der Waals surface area contributed by atoms with E-state index in [-0.39, 0.29) is 18.1 Å². The van der Waals surface area contributed by atoms with E-state index in [4.69, 9.17) is 0 Å². The van der Waals surface area contributed by atoms with Crippen LogP contribution in [0.4, 0.5) is 0 Å². The third kappa shape index (κ3) is 3.98. The Morgan fingerprint density at radius 1 is 1.19 bits per heavy atom. The second-order valence-electron chi connectivity index (χ2n) is 10.2. The zero-order valence-corrected chi connectivity index (χ0v) is 18.0. The lowest BCUT2D eigenvalue weighted by atomic mass is 9.68. The van der Waals surface area contributed by atoms with Gasteiger partial charge in [0.2, 0.25) is 0 Å². The van der Waals surface area contributed by atoms with Crippen molar-refractivity contribution in [2.75, 3.05) is 6.61 Å². The topological polar surface area (TPSA) is 40.5 Å². The summed E-state index contributed by atoms with van der Waals surface area (Å²) < 4.78 is 0. The molecule has 0 radical (unpaired) electrons. The van der Waals surface area contributed by atoms with E-state index in [1.165, 1.54) is 17.6 Å². The SMILES string of the molecule is C/C1=C/C(O)[C@]2(C)CC[C@H](C(C)C)[C@@H]2C/C=C(\CO)C2=CC[C@H](C)[C@@H]2CC1. The molecule has 2 nitrogen and oxygen atoms in total. The first-order chi connectivity index (χ1) is 12.8. The molecular formula is C25H40O2. The summed E-state index contributed by atoms with van der Waals surface area (Å²) in [7, 11) is 0. The molecule has 0 heterocycles. The first-order valence-corrected chi connectivity index (χ1v) is 11.1. The highest BCUT2D eigenvalue weighted by Gasteiger charge is 2.49. The van der Waals surface area contributed by atoms with Crippen LogP contribution in [0.25, 0.3) is 0 Å². The molecule has 0 aromatic carbocycles. The number of fused-ring (bicyclic) bond motifs is 2. The summed E-state index contributed by atoms with van der Waals surface area (Å²) in [6.07, 6.45) is 13.0. The van der Waals surface area contributed by atoms with E-state index in [2.05, 4.69) is 52.8 Å². The number of hydrogen-bond acceptors (Lipinski definition) is 2. The Balaban J connectivity index is 2.01. The Labute approximate surface area is 166 Å². The second-order valence-corrected chi connectivity index (χ2v) is 10.2. The van der Waals surface area contributed by atoms with E-state index in [0.717, 1.165) is 37.7 Å². The van der Waals surface area contributed by atoms with Gasteiger partial charge in [0, 0.05) is 5.41 Å². The minimum Gasteiger partial charge on any atom is -0.392 e. The molecule has 6 atom stereocenters. The summed E-state index contributed by atoms with van der Waals surface area (Å²) in [4.78, 5) is 0. The average Bonchev–Trinajstić information content (AvgIpc) is 3.14. The lowest BCUT2D eigenvalue weighted by Gasteiger charge is -2.38. The predicted octanol–water partition coefficient (Wildman–Crippen LogP) is 5.67. The van der Waals surface area contributed by atoms with Crippen LogP contribution in [0.1, 0.15) is 73.1 Å². The van der Waals surface area contributed by atoms with Crippen molar-refractivity contribution < 1.29 is 10.2 Å². The zero-order valence-electron chi connectivity index (χ0n) is 18.0. The van der Waals surface area contributed by atoms with Crippen molar-refractivity contribution in [2.24, 2.45) is 35.0 Å². The maximum Gasteiger partial charge on any atom is 0.0779 e. The van der Waals surface area contributed by atoms with E-state index in [9.17, 15) is 10.2 Å². The predicted molar refractivity (Wildman–Crippen MR) is 113 cm³/mol. The molecule has 1 fully saturated rings.